The molecule has 0 radical (unpaired) electrons. The summed E-state index contributed by atoms with van der Waals surface area (Å²) in [5.74, 6) is -0.0524. The minimum Gasteiger partial charge on any atom is -0.273 e. The normalized spacial score (nSPS) is 9.50. The third kappa shape index (κ3) is 3.85. The molecule has 0 aromatic rings. The molecule has 0 aliphatic rings. The Bertz CT molecular complexity index is 108. The third-order valence-corrected chi connectivity index (χ3v) is 1.29. The number of hydrogen-bond acceptors (Lipinski definition) is 2. The predicted molar refractivity (Wildman–Crippen MR) is 42.8 cm³/mol. The second kappa shape index (κ2) is 5.68. The number of carbonyl (C=O) groups excluding carboxylic acids is 1. The van der Waals surface area contributed by atoms with E-state index < -0.39 is 0 Å². The lowest BCUT2D eigenvalue weighted by molar-refractivity contribution is -0.180. The first-order chi connectivity index (χ1) is 4.72. The molecule has 0 aromatic heterocycles. The van der Waals surface area contributed by atoms with Crippen molar-refractivity contribution in [3.05, 3.63) is 0 Å². The van der Waals surface area contributed by atoms with Gasteiger partial charge in [-0.3, -0.25) is 9.63 Å². The van der Waals surface area contributed by atoms with Crippen LogP contribution in [0.1, 0.15) is 13.8 Å². The Labute approximate surface area is 69.4 Å². The second-order valence-electron chi connectivity index (χ2n) is 1.74. The minimum absolute atomic E-state index is 0.0524. The molecule has 0 aromatic carbocycles. The molecule has 1 amide bonds. The van der Waals surface area contributed by atoms with Crippen molar-refractivity contribution in [1.82, 2.24) is 5.06 Å². The molecular weight excluding hydrogens is 198 g/mol. The Morgan fingerprint density at radius 1 is 1.70 bits per heavy atom. The number of hydrogen-bond donors (Lipinski definition) is 0. The summed E-state index contributed by atoms with van der Waals surface area (Å²) in [5, 5.41) is 2.08. The number of hydroxylamine groups is 2. The van der Waals surface area contributed by atoms with Crippen LogP contribution in [-0.4, -0.2) is 29.5 Å². The van der Waals surface area contributed by atoms with Crippen LogP contribution < -0.4 is 0 Å². The van der Waals surface area contributed by atoms with Crippen molar-refractivity contribution in [3.63, 3.8) is 0 Å². The molecule has 0 bridgehead atoms. The van der Waals surface area contributed by atoms with Crippen LogP contribution >= 0.6 is 15.9 Å². The second-order valence-corrected chi connectivity index (χ2v) is 2.53. The summed E-state index contributed by atoms with van der Waals surface area (Å²) in [6, 6.07) is 0. The molecule has 0 atom stereocenters. The highest BCUT2D eigenvalue weighted by atomic mass is 79.9. The summed E-state index contributed by atoms with van der Waals surface area (Å²) in [6.45, 7) is 4.49. The van der Waals surface area contributed by atoms with Crippen molar-refractivity contribution in [2.45, 2.75) is 13.8 Å². The molecule has 0 N–H and O–H groups in total. The highest BCUT2D eigenvalue weighted by Crippen LogP contribution is 1.91. The lowest BCUT2D eigenvalue weighted by Gasteiger charge is -2.16. The molecular formula is C6H12BrNO2. The average molecular weight is 210 g/mol. The van der Waals surface area contributed by atoms with Gasteiger partial charge in [0.2, 0.25) is 5.91 Å². The number of amides is 1. The lowest BCUT2D eigenvalue weighted by atomic mass is 10.6. The Hall–Kier alpha value is -0.0900. The van der Waals surface area contributed by atoms with Crippen LogP contribution in [0.25, 0.3) is 0 Å². The molecule has 0 unspecified atom stereocenters. The van der Waals surface area contributed by atoms with E-state index in [1.165, 1.54) is 12.0 Å². The Morgan fingerprint density at radius 3 is 2.60 bits per heavy atom. The molecule has 4 heteroatoms. The highest BCUT2D eigenvalue weighted by Gasteiger charge is 2.04. The highest BCUT2D eigenvalue weighted by molar-refractivity contribution is 9.09. The summed E-state index contributed by atoms with van der Waals surface area (Å²) in [7, 11) is 0. The smallest absolute Gasteiger partial charge is 0.242 e. The molecule has 0 spiro atoms. The van der Waals surface area contributed by atoms with E-state index in [2.05, 4.69) is 15.9 Å². The maximum atomic E-state index is 10.7. The van der Waals surface area contributed by atoms with Gasteiger partial charge in [-0.15, -0.1) is 0 Å². The maximum absolute atomic E-state index is 10.7. The zero-order chi connectivity index (χ0) is 7.98. The molecule has 0 saturated heterocycles. The molecule has 60 valence electrons. The first-order valence-electron chi connectivity index (χ1n) is 3.19. The van der Waals surface area contributed by atoms with Crippen LogP contribution in [0.3, 0.4) is 0 Å². The van der Waals surface area contributed by atoms with Gasteiger partial charge in [-0.25, -0.2) is 5.06 Å². The summed E-state index contributed by atoms with van der Waals surface area (Å²) in [6.07, 6.45) is 0. The zero-order valence-corrected chi connectivity index (χ0v) is 7.85. The van der Waals surface area contributed by atoms with Gasteiger partial charge in [0, 0.05) is 18.8 Å². The van der Waals surface area contributed by atoms with Crippen molar-refractivity contribution in [2.24, 2.45) is 0 Å². The van der Waals surface area contributed by atoms with E-state index in [0.29, 0.717) is 13.2 Å². The van der Waals surface area contributed by atoms with E-state index in [0.717, 1.165) is 5.33 Å². The molecule has 0 rings (SSSR count). The third-order valence-electron chi connectivity index (χ3n) is 0.963. The van der Waals surface area contributed by atoms with E-state index in [9.17, 15) is 4.79 Å². The lowest BCUT2D eigenvalue weighted by Crippen LogP contribution is -2.29. The summed E-state index contributed by atoms with van der Waals surface area (Å²) in [4.78, 5) is 15.7. The minimum atomic E-state index is -0.0524. The predicted octanol–water partition coefficient (Wildman–Crippen LogP) is 1.18. The summed E-state index contributed by atoms with van der Waals surface area (Å²) in [5.41, 5.74) is 0. The van der Waals surface area contributed by atoms with E-state index in [4.69, 9.17) is 4.84 Å². The van der Waals surface area contributed by atoms with Crippen LogP contribution in [0.15, 0.2) is 0 Å². The number of rotatable bonds is 4. The number of alkyl halides is 1. The Balaban J connectivity index is 3.50. The van der Waals surface area contributed by atoms with Crippen LogP contribution in [0.5, 0.6) is 0 Å². The van der Waals surface area contributed by atoms with Crippen molar-refractivity contribution in [2.75, 3.05) is 18.5 Å². The Morgan fingerprint density at radius 2 is 2.30 bits per heavy atom. The summed E-state index contributed by atoms with van der Waals surface area (Å²) >= 11 is 3.19. The van der Waals surface area contributed by atoms with Crippen molar-refractivity contribution < 1.29 is 9.63 Å². The first kappa shape index (κ1) is 9.91. The number of halogens is 1. The molecule has 0 heterocycles. The fourth-order valence-corrected chi connectivity index (χ4v) is 0.694. The average Bonchev–Trinajstić information content (AvgIpc) is 1.89. The van der Waals surface area contributed by atoms with Crippen LogP contribution in [0.2, 0.25) is 0 Å². The molecule has 0 aliphatic carbocycles. The van der Waals surface area contributed by atoms with E-state index >= 15 is 0 Å². The molecule has 3 nitrogen and oxygen atoms in total. The van der Waals surface area contributed by atoms with Gasteiger partial charge in [-0.1, -0.05) is 15.9 Å². The van der Waals surface area contributed by atoms with Gasteiger partial charge >= 0.3 is 0 Å². The van der Waals surface area contributed by atoms with E-state index in [1.807, 2.05) is 6.92 Å². The van der Waals surface area contributed by atoms with Crippen molar-refractivity contribution in [1.29, 1.82) is 0 Å². The van der Waals surface area contributed by atoms with Crippen LogP contribution in [0.4, 0.5) is 0 Å². The van der Waals surface area contributed by atoms with E-state index in [1.54, 1.807) is 0 Å². The number of nitrogens with zero attached hydrogens (tertiary/aromatic N) is 1. The molecule has 0 fully saturated rings. The van der Waals surface area contributed by atoms with E-state index in [-0.39, 0.29) is 5.91 Å². The SMILES string of the molecule is CCN(OCCBr)C(C)=O. The Kier molecular flexibility index (Phi) is 5.63. The zero-order valence-electron chi connectivity index (χ0n) is 6.26. The van der Waals surface area contributed by atoms with Gasteiger partial charge in [-0.05, 0) is 6.92 Å². The quantitative estimate of drug-likeness (QED) is 0.515. The molecule has 0 aliphatic heterocycles. The maximum Gasteiger partial charge on any atom is 0.242 e. The van der Waals surface area contributed by atoms with Gasteiger partial charge in [-0.2, -0.15) is 0 Å². The first-order valence-corrected chi connectivity index (χ1v) is 4.31. The largest absolute Gasteiger partial charge is 0.273 e. The molecule has 10 heavy (non-hydrogen) atoms. The van der Waals surface area contributed by atoms with Gasteiger partial charge in [0.25, 0.3) is 0 Å². The standard InChI is InChI=1S/C6H12BrNO2/c1-3-8(6(2)9)10-5-4-7/h3-5H2,1-2H3. The van der Waals surface area contributed by atoms with Crippen molar-refractivity contribution >= 4 is 21.8 Å². The monoisotopic (exact) mass is 209 g/mol. The fraction of sp³-hybridized carbons (Fsp3) is 0.833. The topological polar surface area (TPSA) is 29.5 Å². The molecule has 0 saturated carbocycles. The van der Waals surface area contributed by atoms with Crippen LogP contribution in [-0.2, 0) is 9.63 Å². The van der Waals surface area contributed by atoms with Crippen LogP contribution in [0, 0.1) is 0 Å². The van der Waals surface area contributed by atoms with Gasteiger partial charge in [0.05, 0.1) is 6.61 Å². The van der Waals surface area contributed by atoms with Gasteiger partial charge < -0.3 is 0 Å². The van der Waals surface area contributed by atoms with Gasteiger partial charge in [0.1, 0.15) is 0 Å². The summed E-state index contributed by atoms with van der Waals surface area (Å²) < 4.78 is 0. The number of carbonyl (C=O) groups is 1. The van der Waals surface area contributed by atoms with Gasteiger partial charge in [0.15, 0.2) is 0 Å². The fourth-order valence-electron chi connectivity index (χ4n) is 0.550. The van der Waals surface area contributed by atoms with Crippen molar-refractivity contribution in [3.8, 4) is 0 Å².